The van der Waals surface area contributed by atoms with Gasteiger partial charge in [0.1, 0.15) is 5.60 Å². The summed E-state index contributed by atoms with van der Waals surface area (Å²) < 4.78 is 5.48. The van der Waals surface area contributed by atoms with Crippen LogP contribution in [0.4, 0.5) is 4.79 Å². The molecule has 0 radical (unpaired) electrons. The number of rotatable bonds is 6. The van der Waals surface area contributed by atoms with Crippen LogP contribution < -0.4 is 5.32 Å². The number of likely N-dealkylation sites (tertiary alicyclic amines) is 1. The molecular weight excluding hydrogens is 264 g/mol. The topological polar surface area (TPSA) is 41.6 Å². The average molecular weight is 296 g/mol. The van der Waals surface area contributed by atoms with E-state index in [4.69, 9.17) is 4.74 Å². The highest BCUT2D eigenvalue weighted by Gasteiger charge is 2.34. The van der Waals surface area contributed by atoms with Crippen molar-refractivity contribution in [1.29, 1.82) is 0 Å². The van der Waals surface area contributed by atoms with E-state index in [9.17, 15) is 4.79 Å². The van der Waals surface area contributed by atoms with Gasteiger partial charge in [-0.15, -0.1) is 0 Å². The highest BCUT2D eigenvalue weighted by atomic mass is 16.6. The molecule has 1 saturated heterocycles. The lowest BCUT2D eigenvalue weighted by molar-refractivity contribution is 0.0285. The first-order valence-corrected chi connectivity index (χ1v) is 8.60. The van der Waals surface area contributed by atoms with Crippen molar-refractivity contribution in [1.82, 2.24) is 10.2 Å². The normalized spacial score (nSPS) is 24.2. The number of nitrogens with zero attached hydrogens (tertiary/aromatic N) is 1. The van der Waals surface area contributed by atoms with Crippen LogP contribution in [0.5, 0.6) is 0 Å². The summed E-state index contributed by atoms with van der Waals surface area (Å²) in [6, 6.07) is 0.558. The molecule has 21 heavy (non-hydrogen) atoms. The summed E-state index contributed by atoms with van der Waals surface area (Å²) in [6.07, 6.45) is 6.40. The third-order valence-corrected chi connectivity index (χ3v) is 4.49. The maximum atomic E-state index is 12.1. The van der Waals surface area contributed by atoms with Gasteiger partial charge < -0.3 is 15.0 Å². The lowest BCUT2D eigenvalue weighted by atomic mass is 9.94. The van der Waals surface area contributed by atoms with Gasteiger partial charge in [-0.3, -0.25) is 0 Å². The molecule has 4 heteroatoms. The van der Waals surface area contributed by atoms with E-state index in [1.165, 1.54) is 25.7 Å². The van der Waals surface area contributed by atoms with E-state index in [0.29, 0.717) is 12.0 Å². The molecule has 2 atom stereocenters. The van der Waals surface area contributed by atoms with E-state index in [2.05, 4.69) is 12.2 Å². The summed E-state index contributed by atoms with van der Waals surface area (Å²) >= 11 is 0. The van der Waals surface area contributed by atoms with Gasteiger partial charge in [-0.25, -0.2) is 4.79 Å². The lowest BCUT2D eigenvalue weighted by Gasteiger charge is -2.26. The zero-order valence-corrected chi connectivity index (χ0v) is 14.2. The number of carbonyl (C=O) groups excluding carboxylic acids is 1. The molecule has 0 bridgehead atoms. The van der Waals surface area contributed by atoms with Gasteiger partial charge in [0.25, 0.3) is 0 Å². The summed E-state index contributed by atoms with van der Waals surface area (Å²) in [5, 5.41) is 3.64. The summed E-state index contributed by atoms with van der Waals surface area (Å²) in [5.41, 5.74) is -0.401. The van der Waals surface area contributed by atoms with Crippen molar-refractivity contribution in [3.63, 3.8) is 0 Å². The van der Waals surface area contributed by atoms with Gasteiger partial charge in [0, 0.05) is 19.1 Å². The smallest absolute Gasteiger partial charge is 0.410 e. The number of ether oxygens (including phenoxy) is 1. The van der Waals surface area contributed by atoms with Gasteiger partial charge in [-0.05, 0) is 58.4 Å². The van der Waals surface area contributed by atoms with Gasteiger partial charge in [0.15, 0.2) is 0 Å². The lowest BCUT2D eigenvalue weighted by Crippen LogP contribution is -2.40. The van der Waals surface area contributed by atoms with Crippen molar-refractivity contribution in [3.8, 4) is 0 Å². The van der Waals surface area contributed by atoms with Crippen LogP contribution in [0.1, 0.15) is 59.8 Å². The molecule has 1 heterocycles. The minimum absolute atomic E-state index is 0.151. The van der Waals surface area contributed by atoms with E-state index < -0.39 is 5.60 Å². The van der Waals surface area contributed by atoms with E-state index in [0.717, 1.165) is 32.0 Å². The molecule has 2 rings (SSSR count). The predicted molar refractivity (Wildman–Crippen MR) is 85.3 cm³/mol. The van der Waals surface area contributed by atoms with Gasteiger partial charge in [0.05, 0.1) is 0 Å². The molecule has 4 nitrogen and oxygen atoms in total. The molecule has 1 saturated carbocycles. The van der Waals surface area contributed by atoms with Crippen LogP contribution in [-0.2, 0) is 4.74 Å². The second-order valence-corrected chi connectivity index (χ2v) is 7.66. The number of hydrogen-bond acceptors (Lipinski definition) is 3. The molecular formula is C17H32N2O2. The molecule has 0 aromatic carbocycles. The average Bonchev–Trinajstić information content (AvgIpc) is 3.07. The minimum atomic E-state index is -0.401. The first kappa shape index (κ1) is 16.6. The molecule has 1 amide bonds. The third-order valence-electron chi connectivity index (χ3n) is 4.49. The molecule has 0 aromatic heterocycles. The molecule has 1 N–H and O–H groups in total. The Bertz CT molecular complexity index is 347. The SMILES string of the molecule is CCNC(CCC1CC1)C1CCN(C(=O)OC(C)(C)C)C1. The number of hydrogen-bond donors (Lipinski definition) is 1. The third kappa shape index (κ3) is 5.50. The Labute approximate surface area is 129 Å². The quantitative estimate of drug-likeness (QED) is 0.816. The fourth-order valence-corrected chi connectivity index (χ4v) is 3.20. The molecule has 2 aliphatic rings. The van der Waals surface area contributed by atoms with Crippen molar-refractivity contribution in [2.45, 2.75) is 71.4 Å². The maximum absolute atomic E-state index is 12.1. The maximum Gasteiger partial charge on any atom is 0.410 e. The van der Waals surface area contributed by atoms with E-state index in [-0.39, 0.29) is 6.09 Å². The van der Waals surface area contributed by atoms with Crippen LogP contribution in [0.25, 0.3) is 0 Å². The highest BCUT2D eigenvalue weighted by Crippen LogP contribution is 2.35. The zero-order chi connectivity index (χ0) is 15.5. The zero-order valence-electron chi connectivity index (χ0n) is 14.2. The molecule has 122 valence electrons. The monoisotopic (exact) mass is 296 g/mol. The Balaban J connectivity index is 1.81. The predicted octanol–water partition coefficient (Wildman–Crippen LogP) is 3.41. The van der Waals surface area contributed by atoms with Crippen molar-refractivity contribution in [2.75, 3.05) is 19.6 Å². The molecule has 2 fully saturated rings. The van der Waals surface area contributed by atoms with Gasteiger partial charge in [-0.1, -0.05) is 19.8 Å². The van der Waals surface area contributed by atoms with E-state index in [1.54, 1.807) is 0 Å². The van der Waals surface area contributed by atoms with Gasteiger partial charge in [0.2, 0.25) is 0 Å². The van der Waals surface area contributed by atoms with Crippen LogP contribution in [0.3, 0.4) is 0 Å². The van der Waals surface area contributed by atoms with Crippen LogP contribution in [-0.4, -0.2) is 42.3 Å². The molecule has 1 aliphatic heterocycles. The van der Waals surface area contributed by atoms with E-state index in [1.807, 2.05) is 25.7 Å². The molecule has 0 spiro atoms. The minimum Gasteiger partial charge on any atom is -0.444 e. The van der Waals surface area contributed by atoms with Crippen LogP contribution in [0.15, 0.2) is 0 Å². The summed E-state index contributed by atoms with van der Waals surface area (Å²) in [6.45, 7) is 10.6. The van der Waals surface area contributed by atoms with Crippen molar-refractivity contribution in [3.05, 3.63) is 0 Å². The Morgan fingerprint density at radius 2 is 2.05 bits per heavy atom. The summed E-state index contributed by atoms with van der Waals surface area (Å²) in [7, 11) is 0. The summed E-state index contributed by atoms with van der Waals surface area (Å²) in [4.78, 5) is 14.0. The Hall–Kier alpha value is -0.770. The van der Waals surface area contributed by atoms with Crippen molar-refractivity contribution >= 4 is 6.09 Å². The fourth-order valence-electron chi connectivity index (χ4n) is 3.20. The second kappa shape index (κ2) is 6.99. The van der Waals surface area contributed by atoms with E-state index >= 15 is 0 Å². The van der Waals surface area contributed by atoms with Crippen LogP contribution >= 0.6 is 0 Å². The fraction of sp³-hybridized carbons (Fsp3) is 0.941. The first-order valence-electron chi connectivity index (χ1n) is 8.60. The number of nitrogens with one attached hydrogen (secondary N) is 1. The number of amides is 1. The molecule has 2 unspecified atom stereocenters. The van der Waals surface area contributed by atoms with Gasteiger partial charge >= 0.3 is 6.09 Å². The Kier molecular flexibility index (Phi) is 5.53. The van der Waals surface area contributed by atoms with Crippen molar-refractivity contribution < 1.29 is 9.53 Å². The molecule has 0 aromatic rings. The van der Waals surface area contributed by atoms with Crippen LogP contribution in [0.2, 0.25) is 0 Å². The largest absolute Gasteiger partial charge is 0.444 e. The second-order valence-electron chi connectivity index (χ2n) is 7.66. The van der Waals surface area contributed by atoms with Gasteiger partial charge in [-0.2, -0.15) is 0 Å². The first-order chi connectivity index (χ1) is 9.89. The van der Waals surface area contributed by atoms with Crippen molar-refractivity contribution in [2.24, 2.45) is 11.8 Å². The summed E-state index contributed by atoms with van der Waals surface area (Å²) in [5.74, 6) is 1.56. The standard InChI is InChI=1S/C17H32N2O2/c1-5-18-15(9-8-13-6-7-13)14-10-11-19(12-14)16(20)21-17(2,3)4/h13-15,18H,5-12H2,1-4H3. The Morgan fingerprint density at radius 3 is 2.62 bits per heavy atom. The van der Waals surface area contributed by atoms with Crippen LogP contribution in [0, 0.1) is 11.8 Å². The number of carbonyl (C=O) groups is 1. The highest BCUT2D eigenvalue weighted by molar-refractivity contribution is 5.68. The molecule has 1 aliphatic carbocycles. The Morgan fingerprint density at radius 1 is 1.33 bits per heavy atom.